The first-order valence-electron chi connectivity index (χ1n) is 4.95. The van der Waals surface area contributed by atoms with Crippen LogP contribution >= 0.6 is 0 Å². The molecule has 0 unspecified atom stereocenters. The van der Waals surface area contributed by atoms with Crippen molar-refractivity contribution in [1.29, 1.82) is 5.41 Å². The van der Waals surface area contributed by atoms with Gasteiger partial charge in [-0.3, -0.25) is 5.41 Å². The van der Waals surface area contributed by atoms with Gasteiger partial charge in [0.05, 0.1) is 5.84 Å². The van der Waals surface area contributed by atoms with Crippen molar-refractivity contribution in [3.05, 3.63) is 0 Å². The van der Waals surface area contributed by atoms with Gasteiger partial charge in [-0.1, -0.05) is 0 Å². The van der Waals surface area contributed by atoms with E-state index in [1.54, 1.807) is 0 Å². The Balaban J connectivity index is 0.000000791. The molecule has 84 valence electrons. The maximum Gasteiger partial charge on any atom is 0.0905 e. The second-order valence-corrected chi connectivity index (χ2v) is 3.81. The van der Waals surface area contributed by atoms with Crippen molar-refractivity contribution in [3.63, 3.8) is 0 Å². The van der Waals surface area contributed by atoms with Crippen LogP contribution in [0.25, 0.3) is 0 Å². The van der Waals surface area contributed by atoms with Crippen LogP contribution in [0.2, 0.25) is 0 Å². The van der Waals surface area contributed by atoms with Crippen LogP contribution in [0.3, 0.4) is 0 Å². The Bertz CT molecular complexity index is 155. The van der Waals surface area contributed by atoms with Crippen molar-refractivity contribution >= 4 is 5.84 Å². The van der Waals surface area contributed by atoms with Gasteiger partial charge in [0.15, 0.2) is 0 Å². The number of nitrogens with two attached hydrogens (primary N) is 2. The Kier molecular flexibility index (Phi) is 7.37. The molecule has 0 aromatic rings. The zero-order valence-corrected chi connectivity index (χ0v) is 8.87. The Morgan fingerprint density at radius 1 is 1.43 bits per heavy atom. The van der Waals surface area contributed by atoms with Crippen molar-refractivity contribution in [3.8, 4) is 0 Å². The summed E-state index contributed by atoms with van der Waals surface area (Å²) in [5.74, 6) is 4.65. The summed E-state index contributed by atoms with van der Waals surface area (Å²) >= 11 is 0. The molecule has 0 atom stereocenters. The van der Waals surface area contributed by atoms with Crippen LogP contribution in [0.1, 0.15) is 25.7 Å². The average Bonchev–Trinajstić information content (AvgIpc) is 2.20. The number of amidine groups is 1. The molecule has 0 spiro atoms. The predicted molar refractivity (Wildman–Crippen MR) is 57.3 cm³/mol. The lowest BCUT2D eigenvalue weighted by Gasteiger charge is -2.28. The number of likely N-dealkylation sites (tertiary alicyclic amines) is 1. The first kappa shape index (κ1) is 13.4. The molecule has 1 fully saturated rings. The van der Waals surface area contributed by atoms with Crippen LogP contribution in [0.4, 0.5) is 0 Å². The lowest BCUT2D eigenvalue weighted by molar-refractivity contribution is 0.214. The topological polar surface area (TPSA) is 99.4 Å². The van der Waals surface area contributed by atoms with Crippen LogP contribution in [0.5, 0.6) is 0 Å². The van der Waals surface area contributed by atoms with E-state index in [1.807, 2.05) is 0 Å². The summed E-state index contributed by atoms with van der Waals surface area (Å²) in [6, 6.07) is 0. The van der Waals surface area contributed by atoms with E-state index in [0.29, 0.717) is 5.84 Å². The molecular formula is C9H22N4O. The Labute approximate surface area is 85.5 Å². The summed E-state index contributed by atoms with van der Waals surface area (Å²) in [4.78, 5) is 2.37. The molecule has 0 aliphatic carbocycles. The lowest BCUT2D eigenvalue weighted by atomic mass is 9.92. The third-order valence-electron chi connectivity index (χ3n) is 2.66. The zero-order valence-electron chi connectivity index (χ0n) is 8.87. The highest BCUT2D eigenvalue weighted by atomic mass is 16.4. The second-order valence-electron chi connectivity index (χ2n) is 3.81. The fourth-order valence-corrected chi connectivity index (χ4v) is 1.71. The molecule has 0 saturated carbocycles. The van der Waals surface area contributed by atoms with E-state index in [0.717, 1.165) is 18.8 Å². The molecule has 0 aromatic heterocycles. The van der Waals surface area contributed by atoms with Crippen molar-refractivity contribution < 1.29 is 5.21 Å². The van der Waals surface area contributed by atoms with E-state index in [9.17, 15) is 0 Å². The molecule has 6 N–H and O–H groups in total. The molecule has 1 aliphatic heterocycles. The summed E-state index contributed by atoms with van der Waals surface area (Å²) in [6.07, 6.45) is 4.46. The van der Waals surface area contributed by atoms with E-state index in [-0.39, 0.29) is 0 Å². The Morgan fingerprint density at radius 3 is 2.36 bits per heavy atom. The van der Waals surface area contributed by atoms with E-state index in [4.69, 9.17) is 16.4 Å². The van der Waals surface area contributed by atoms with Gasteiger partial charge in [-0.05, 0) is 45.3 Å². The highest BCUT2D eigenvalue weighted by Gasteiger charge is 2.15. The van der Waals surface area contributed by atoms with Crippen LogP contribution < -0.4 is 11.6 Å². The largest absolute Gasteiger partial charge is 0.388 e. The third-order valence-corrected chi connectivity index (χ3v) is 2.66. The minimum absolute atomic E-state index is 0.342. The molecule has 1 rings (SSSR count). The van der Waals surface area contributed by atoms with E-state index in [1.165, 1.54) is 25.9 Å². The molecule has 1 aliphatic rings. The molecule has 0 amide bonds. The van der Waals surface area contributed by atoms with E-state index in [2.05, 4.69) is 17.8 Å². The van der Waals surface area contributed by atoms with Crippen LogP contribution in [-0.4, -0.2) is 36.1 Å². The second kappa shape index (κ2) is 7.73. The SMILES string of the molecule is CN1CCC(CCC(=N)N)CC1.NO. The van der Waals surface area contributed by atoms with Gasteiger partial charge in [-0.25, -0.2) is 5.90 Å². The van der Waals surface area contributed by atoms with Gasteiger partial charge in [-0.2, -0.15) is 0 Å². The lowest BCUT2D eigenvalue weighted by Crippen LogP contribution is -2.30. The molecule has 1 heterocycles. The molecule has 5 heteroatoms. The van der Waals surface area contributed by atoms with Crippen LogP contribution in [0.15, 0.2) is 0 Å². The fraction of sp³-hybridized carbons (Fsp3) is 0.889. The smallest absolute Gasteiger partial charge is 0.0905 e. The number of rotatable bonds is 3. The first-order chi connectivity index (χ1) is 6.68. The van der Waals surface area contributed by atoms with Crippen molar-refractivity contribution in [2.24, 2.45) is 17.5 Å². The van der Waals surface area contributed by atoms with Gasteiger partial charge >= 0.3 is 0 Å². The fourth-order valence-electron chi connectivity index (χ4n) is 1.71. The highest BCUT2D eigenvalue weighted by Crippen LogP contribution is 2.20. The summed E-state index contributed by atoms with van der Waals surface area (Å²) in [5.41, 5.74) is 5.31. The molecule has 1 saturated heterocycles. The van der Waals surface area contributed by atoms with Gasteiger partial charge in [0.25, 0.3) is 0 Å². The van der Waals surface area contributed by atoms with Gasteiger partial charge in [0, 0.05) is 6.42 Å². The van der Waals surface area contributed by atoms with E-state index < -0.39 is 0 Å². The number of nitrogens with one attached hydrogen (secondary N) is 1. The number of nitrogens with zero attached hydrogens (tertiary/aromatic N) is 1. The maximum atomic E-state index is 7.12. The maximum absolute atomic E-state index is 7.12. The summed E-state index contributed by atoms with van der Waals surface area (Å²) < 4.78 is 0. The molecular weight excluding hydrogens is 180 g/mol. The van der Waals surface area contributed by atoms with Gasteiger partial charge < -0.3 is 15.8 Å². The van der Waals surface area contributed by atoms with Crippen molar-refractivity contribution in [2.75, 3.05) is 20.1 Å². The molecule has 5 nitrogen and oxygen atoms in total. The monoisotopic (exact) mass is 202 g/mol. The minimum atomic E-state index is 0.342. The first-order valence-corrected chi connectivity index (χ1v) is 4.95. The van der Waals surface area contributed by atoms with Gasteiger partial charge in [-0.15, -0.1) is 0 Å². The summed E-state index contributed by atoms with van der Waals surface area (Å²) in [7, 11) is 2.17. The molecule has 0 bridgehead atoms. The van der Waals surface area contributed by atoms with Crippen molar-refractivity contribution in [1.82, 2.24) is 4.90 Å². The number of hydrogen-bond acceptors (Lipinski definition) is 4. The predicted octanol–water partition coefficient (Wildman–Crippen LogP) is 0.379. The molecule has 14 heavy (non-hydrogen) atoms. The third kappa shape index (κ3) is 5.90. The number of hydrogen-bond donors (Lipinski definition) is 4. The highest BCUT2D eigenvalue weighted by molar-refractivity contribution is 5.76. The quantitative estimate of drug-likeness (QED) is 0.302. The molecule has 0 radical (unpaired) electrons. The standard InChI is InChI=1S/C9H19N3.H3NO/c1-12-6-4-8(5-7-12)2-3-9(10)11;1-2/h8H,2-7H2,1H3,(H3,10,11);2H,1H2. The Hall–Kier alpha value is -0.650. The molecule has 0 aromatic carbocycles. The van der Waals surface area contributed by atoms with Crippen LogP contribution in [-0.2, 0) is 0 Å². The van der Waals surface area contributed by atoms with Crippen LogP contribution in [0, 0.1) is 11.3 Å². The van der Waals surface area contributed by atoms with Crippen molar-refractivity contribution in [2.45, 2.75) is 25.7 Å². The zero-order chi connectivity index (χ0) is 11.0. The number of piperidine rings is 1. The minimum Gasteiger partial charge on any atom is -0.388 e. The normalized spacial score (nSPS) is 18.5. The van der Waals surface area contributed by atoms with Gasteiger partial charge in [0.2, 0.25) is 0 Å². The average molecular weight is 202 g/mol. The summed E-state index contributed by atoms with van der Waals surface area (Å²) in [6.45, 7) is 2.42. The van der Waals surface area contributed by atoms with E-state index >= 15 is 0 Å². The van der Waals surface area contributed by atoms with Gasteiger partial charge in [0.1, 0.15) is 0 Å². The summed E-state index contributed by atoms with van der Waals surface area (Å²) in [5, 5.41) is 13.6. The Morgan fingerprint density at radius 2 is 1.93 bits per heavy atom.